The Morgan fingerprint density at radius 2 is 2.19 bits per heavy atom. The van der Waals surface area contributed by atoms with Crippen molar-refractivity contribution < 1.29 is 9.59 Å². The fourth-order valence-corrected chi connectivity index (χ4v) is 1.96. The average molecular weight is 240 g/mol. The van der Waals surface area contributed by atoms with Crippen LogP contribution in [-0.4, -0.2) is 16.7 Å². The van der Waals surface area contributed by atoms with Gasteiger partial charge in [0, 0.05) is 24.6 Å². The van der Waals surface area contributed by atoms with Crippen LogP contribution in [0.4, 0.5) is 5.13 Å². The van der Waals surface area contributed by atoms with E-state index in [1.807, 2.05) is 19.2 Å². The SMILES string of the molecule is CC(=O)Nc1nc(CCC(=O)C(C)C)cs1. The summed E-state index contributed by atoms with van der Waals surface area (Å²) in [6.07, 6.45) is 1.16. The van der Waals surface area contributed by atoms with Gasteiger partial charge in [0.15, 0.2) is 5.13 Å². The van der Waals surface area contributed by atoms with Crippen molar-refractivity contribution in [3.05, 3.63) is 11.1 Å². The first-order valence-electron chi connectivity index (χ1n) is 5.23. The smallest absolute Gasteiger partial charge is 0.223 e. The first kappa shape index (κ1) is 12.8. The molecule has 0 aliphatic heterocycles. The molecule has 0 aliphatic rings. The van der Waals surface area contributed by atoms with Crippen molar-refractivity contribution in [1.82, 2.24) is 4.98 Å². The fourth-order valence-electron chi connectivity index (χ4n) is 1.17. The van der Waals surface area contributed by atoms with Crippen LogP contribution in [0.15, 0.2) is 5.38 Å². The van der Waals surface area contributed by atoms with Gasteiger partial charge in [-0.1, -0.05) is 13.8 Å². The Morgan fingerprint density at radius 1 is 1.50 bits per heavy atom. The minimum atomic E-state index is -0.126. The average Bonchev–Trinajstić information content (AvgIpc) is 2.60. The van der Waals surface area contributed by atoms with Gasteiger partial charge >= 0.3 is 0 Å². The third-order valence-electron chi connectivity index (χ3n) is 2.11. The molecule has 0 unspecified atom stereocenters. The number of amides is 1. The monoisotopic (exact) mass is 240 g/mol. The minimum Gasteiger partial charge on any atom is -0.302 e. The number of nitrogens with one attached hydrogen (secondary N) is 1. The van der Waals surface area contributed by atoms with Gasteiger partial charge in [0.2, 0.25) is 5.91 Å². The summed E-state index contributed by atoms with van der Waals surface area (Å²) < 4.78 is 0. The molecule has 1 heterocycles. The van der Waals surface area contributed by atoms with Gasteiger partial charge in [-0.2, -0.15) is 0 Å². The summed E-state index contributed by atoms with van der Waals surface area (Å²) in [6.45, 7) is 5.24. The lowest BCUT2D eigenvalue weighted by Gasteiger charge is -2.01. The van der Waals surface area contributed by atoms with E-state index < -0.39 is 0 Å². The van der Waals surface area contributed by atoms with Crippen LogP contribution in [0.5, 0.6) is 0 Å². The van der Waals surface area contributed by atoms with Gasteiger partial charge in [-0.15, -0.1) is 11.3 Å². The Kier molecular flexibility index (Phi) is 4.61. The molecule has 5 heteroatoms. The molecule has 0 fully saturated rings. The number of anilines is 1. The number of hydrogen-bond donors (Lipinski definition) is 1. The van der Waals surface area contributed by atoms with Gasteiger partial charge in [0.05, 0.1) is 5.69 Å². The van der Waals surface area contributed by atoms with E-state index in [9.17, 15) is 9.59 Å². The van der Waals surface area contributed by atoms with Crippen molar-refractivity contribution >= 4 is 28.2 Å². The summed E-state index contributed by atoms with van der Waals surface area (Å²) in [5.41, 5.74) is 0.864. The maximum atomic E-state index is 11.4. The minimum absolute atomic E-state index is 0.0773. The molecule has 1 rings (SSSR count). The maximum absolute atomic E-state index is 11.4. The second-order valence-electron chi connectivity index (χ2n) is 3.95. The number of aromatic nitrogens is 1. The normalized spacial score (nSPS) is 10.5. The highest BCUT2D eigenvalue weighted by Gasteiger charge is 2.09. The zero-order valence-corrected chi connectivity index (χ0v) is 10.6. The number of thiazole rings is 1. The third-order valence-corrected chi connectivity index (χ3v) is 2.91. The lowest BCUT2D eigenvalue weighted by Crippen LogP contribution is -2.08. The van der Waals surface area contributed by atoms with Gasteiger partial charge in [0.25, 0.3) is 0 Å². The largest absolute Gasteiger partial charge is 0.302 e. The molecule has 16 heavy (non-hydrogen) atoms. The fraction of sp³-hybridized carbons (Fsp3) is 0.545. The number of carbonyl (C=O) groups is 2. The van der Waals surface area contributed by atoms with Crippen molar-refractivity contribution in [3.8, 4) is 0 Å². The first-order chi connectivity index (χ1) is 7.49. The van der Waals surface area contributed by atoms with E-state index in [1.165, 1.54) is 18.3 Å². The van der Waals surface area contributed by atoms with E-state index in [0.717, 1.165) is 5.69 Å². The highest BCUT2D eigenvalue weighted by atomic mass is 32.1. The zero-order chi connectivity index (χ0) is 12.1. The highest BCUT2D eigenvalue weighted by Crippen LogP contribution is 2.16. The summed E-state index contributed by atoms with van der Waals surface area (Å²) in [6, 6.07) is 0. The number of carbonyl (C=O) groups excluding carboxylic acids is 2. The summed E-state index contributed by atoms with van der Waals surface area (Å²) in [5, 5.41) is 5.09. The number of rotatable bonds is 5. The zero-order valence-electron chi connectivity index (χ0n) is 9.74. The van der Waals surface area contributed by atoms with Crippen LogP contribution in [0.3, 0.4) is 0 Å². The standard InChI is InChI=1S/C11H16N2O2S/c1-7(2)10(15)5-4-9-6-16-11(13-9)12-8(3)14/h6-7H,4-5H2,1-3H3,(H,12,13,14). The molecule has 0 atom stereocenters. The third kappa shape index (κ3) is 4.10. The van der Waals surface area contributed by atoms with E-state index >= 15 is 0 Å². The van der Waals surface area contributed by atoms with Gasteiger partial charge in [-0.05, 0) is 6.42 Å². The quantitative estimate of drug-likeness (QED) is 0.858. The Hall–Kier alpha value is -1.23. The van der Waals surface area contributed by atoms with Crippen molar-refractivity contribution in [2.75, 3.05) is 5.32 Å². The van der Waals surface area contributed by atoms with Gasteiger partial charge < -0.3 is 5.32 Å². The Labute approximate surface area is 99.1 Å². The van der Waals surface area contributed by atoms with E-state index in [2.05, 4.69) is 10.3 Å². The molecule has 1 amide bonds. The summed E-state index contributed by atoms with van der Waals surface area (Å²) in [4.78, 5) is 26.4. The first-order valence-corrected chi connectivity index (χ1v) is 6.11. The van der Waals surface area contributed by atoms with Crippen LogP contribution < -0.4 is 5.32 Å². The molecule has 0 bridgehead atoms. The molecule has 0 spiro atoms. The molecule has 0 aliphatic carbocycles. The lowest BCUT2D eigenvalue weighted by atomic mass is 10.0. The van der Waals surface area contributed by atoms with Crippen LogP contribution >= 0.6 is 11.3 Å². The predicted molar refractivity (Wildman–Crippen MR) is 64.6 cm³/mol. The van der Waals surface area contributed by atoms with Gasteiger partial charge in [-0.25, -0.2) is 4.98 Å². The van der Waals surface area contributed by atoms with Crippen LogP contribution in [-0.2, 0) is 16.0 Å². The second-order valence-corrected chi connectivity index (χ2v) is 4.80. The Bertz CT molecular complexity index is 385. The molecule has 0 radical (unpaired) electrons. The molecule has 4 nitrogen and oxygen atoms in total. The number of nitrogens with zero attached hydrogens (tertiary/aromatic N) is 1. The molecule has 0 aromatic carbocycles. The molecule has 88 valence electrons. The molecule has 1 aromatic heterocycles. The van der Waals surface area contributed by atoms with Crippen LogP contribution in [0.1, 0.15) is 32.9 Å². The second kappa shape index (κ2) is 5.75. The maximum Gasteiger partial charge on any atom is 0.223 e. The van der Waals surface area contributed by atoms with Crippen molar-refractivity contribution in [3.63, 3.8) is 0 Å². The van der Waals surface area contributed by atoms with Crippen LogP contribution in [0, 0.1) is 5.92 Å². The molecule has 1 aromatic rings. The predicted octanol–water partition coefficient (Wildman–Crippen LogP) is 2.26. The molecule has 1 N–H and O–H groups in total. The van der Waals surface area contributed by atoms with Gasteiger partial charge in [-0.3, -0.25) is 9.59 Å². The molecular weight excluding hydrogens is 224 g/mol. The summed E-state index contributed by atoms with van der Waals surface area (Å²) in [7, 11) is 0. The highest BCUT2D eigenvalue weighted by molar-refractivity contribution is 7.13. The van der Waals surface area contributed by atoms with E-state index in [1.54, 1.807) is 0 Å². The number of hydrogen-bond acceptors (Lipinski definition) is 4. The van der Waals surface area contributed by atoms with E-state index in [0.29, 0.717) is 18.0 Å². The Morgan fingerprint density at radius 3 is 2.75 bits per heavy atom. The van der Waals surface area contributed by atoms with Crippen molar-refractivity contribution in [1.29, 1.82) is 0 Å². The van der Waals surface area contributed by atoms with E-state index in [4.69, 9.17) is 0 Å². The Balaban J connectivity index is 2.46. The summed E-state index contributed by atoms with van der Waals surface area (Å²) in [5.74, 6) is 0.196. The molecule has 0 saturated carbocycles. The number of aryl methyl sites for hydroxylation is 1. The molecule has 0 saturated heterocycles. The van der Waals surface area contributed by atoms with Crippen molar-refractivity contribution in [2.24, 2.45) is 5.92 Å². The molecular formula is C11H16N2O2S. The van der Waals surface area contributed by atoms with E-state index in [-0.39, 0.29) is 17.6 Å². The van der Waals surface area contributed by atoms with Crippen LogP contribution in [0.2, 0.25) is 0 Å². The lowest BCUT2D eigenvalue weighted by molar-refractivity contribution is -0.121. The summed E-state index contributed by atoms with van der Waals surface area (Å²) >= 11 is 1.38. The van der Waals surface area contributed by atoms with Crippen LogP contribution in [0.25, 0.3) is 0 Å². The number of ketones is 1. The van der Waals surface area contributed by atoms with Crippen molar-refractivity contribution in [2.45, 2.75) is 33.6 Å². The topological polar surface area (TPSA) is 59.1 Å². The van der Waals surface area contributed by atoms with Gasteiger partial charge in [0.1, 0.15) is 5.78 Å². The number of Topliss-reactive ketones (excluding diaryl/α,β-unsaturated/α-hetero) is 1.